The number of hydrogen-bond acceptors (Lipinski definition) is 5. The second kappa shape index (κ2) is 4.99. The molecule has 0 unspecified atom stereocenters. The number of hydrogen-bond donors (Lipinski definition) is 1. The normalized spacial score (nSPS) is 12.1. The highest BCUT2D eigenvalue weighted by molar-refractivity contribution is 7.16. The van der Waals surface area contributed by atoms with Gasteiger partial charge in [-0.15, -0.1) is 10.2 Å². The molecule has 0 saturated heterocycles. The monoisotopic (exact) mass is 313 g/mol. The number of aromatic nitrogens is 4. The van der Waals surface area contributed by atoms with Crippen LogP contribution in [0.15, 0.2) is 24.3 Å². The molecule has 0 amide bonds. The van der Waals surface area contributed by atoms with Crippen LogP contribution in [-0.4, -0.2) is 19.8 Å². The van der Waals surface area contributed by atoms with Crippen LogP contribution in [0.5, 0.6) is 0 Å². The largest absolute Gasteiger partial charge is 0.453 e. The van der Waals surface area contributed by atoms with Gasteiger partial charge in [0.15, 0.2) is 0 Å². The Bertz CT molecular complexity index is 777. The number of anilines is 1. The molecule has 0 aliphatic rings. The minimum Gasteiger partial charge on any atom is -0.399 e. The summed E-state index contributed by atoms with van der Waals surface area (Å²) in [4.78, 5) is 0.143. The number of fused-ring (bicyclic) bond motifs is 1. The zero-order chi connectivity index (χ0) is 15.0. The lowest BCUT2D eigenvalue weighted by molar-refractivity contribution is -0.146. The Labute approximate surface area is 121 Å². The Hall–Kier alpha value is -2.16. The maximum absolute atomic E-state index is 12.7. The molecule has 0 saturated carbocycles. The first kappa shape index (κ1) is 13.8. The Morgan fingerprint density at radius 3 is 2.71 bits per heavy atom. The average molecular weight is 313 g/mol. The zero-order valence-corrected chi connectivity index (χ0v) is 11.4. The number of benzene rings is 1. The molecule has 1 aromatic carbocycles. The molecule has 0 aliphatic heterocycles. The molecule has 3 rings (SSSR count). The fourth-order valence-electron chi connectivity index (χ4n) is 1.93. The molecule has 9 heteroatoms. The van der Waals surface area contributed by atoms with Crippen LogP contribution in [0.2, 0.25) is 0 Å². The van der Waals surface area contributed by atoms with Gasteiger partial charge in [-0.05, 0) is 24.1 Å². The quantitative estimate of drug-likeness (QED) is 0.755. The van der Waals surface area contributed by atoms with Crippen molar-refractivity contribution in [3.63, 3.8) is 0 Å². The molecule has 0 radical (unpaired) electrons. The van der Waals surface area contributed by atoms with Crippen LogP contribution in [0.4, 0.5) is 18.9 Å². The summed E-state index contributed by atoms with van der Waals surface area (Å²) in [6, 6.07) is 7.37. The van der Waals surface area contributed by atoms with Crippen LogP contribution in [0, 0.1) is 0 Å². The summed E-state index contributed by atoms with van der Waals surface area (Å²) >= 11 is 1.10. The van der Waals surface area contributed by atoms with E-state index in [9.17, 15) is 13.2 Å². The van der Waals surface area contributed by atoms with Gasteiger partial charge in [0.25, 0.3) is 5.82 Å². The van der Waals surface area contributed by atoms with E-state index in [1.165, 1.54) is 0 Å². The third kappa shape index (κ3) is 2.82. The third-order valence-electron chi connectivity index (χ3n) is 2.86. The number of nitrogen functional groups attached to an aromatic ring is 1. The van der Waals surface area contributed by atoms with Gasteiger partial charge in [-0.1, -0.05) is 23.5 Å². The van der Waals surface area contributed by atoms with Crippen molar-refractivity contribution >= 4 is 22.0 Å². The summed E-state index contributed by atoms with van der Waals surface area (Å²) in [5, 5.41) is 11.1. The van der Waals surface area contributed by atoms with Crippen molar-refractivity contribution in [1.82, 2.24) is 19.8 Å². The molecule has 0 bridgehead atoms. The summed E-state index contributed by atoms with van der Waals surface area (Å²) < 4.78 is 38.8. The fraction of sp³-hybridized carbons (Fsp3) is 0.250. The van der Waals surface area contributed by atoms with E-state index in [4.69, 9.17) is 5.73 Å². The van der Waals surface area contributed by atoms with Crippen LogP contribution in [0.25, 0.3) is 4.96 Å². The van der Waals surface area contributed by atoms with Gasteiger partial charge < -0.3 is 5.73 Å². The van der Waals surface area contributed by atoms with E-state index in [-0.39, 0.29) is 4.96 Å². The molecule has 2 N–H and O–H groups in total. The van der Waals surface area contributed by atoms with Crippen LogP contribution in [-0.2, 0) is 19.0 Å². The highest BCUT2D eigenvalue weighted by atomic mass is 32.1. The summed E-state index contributed by atoms with van der Waals surface area (Å²) in [7, 11) is 0. The van der Waals surface area contributed by atoms with Gasteiger partial charge in [-0.25, -0.2) is 0 Å². The van der Waals surface area contributed by atoms with E-state index in [0.29, 0.717) is 23.5 Å². The molecule has 0 spiro atoms. The molecule has 0 atom stereocenters. The SMILES string of the molecule is Nc1cccc(CCc2nn3c(C(F)(F)F)nnc3s2)c1. The van der Waals surface area contributed by atoms with Crippen molar-refractivity contribution in [2.24, 2.45) is 0 Å². The van der Waals surface area contributed by atoms with E-state index in [1.54, 1.807) is 6.07 Å². The second-order valence-corrected chi connectivity index (χ2v) is 5.50. The van der Waals surface area contributed by atoms with Crippen molar-refractivity contribution < 1.29 is 13.2 Å². The Balaban J connectivity index is 1.81. The first-order chi connectivity index (χ1) is 9.93. The minimum absolute atomic E-state index is 0.143. The Morgan fingerprint density at radius 1 is 1.19 bits per heavy atom. The summed E-state index contributed by atoms with van der Waals surface area (Å²) in [6.07, 6.45) is -3.39. The van der Waals surface area contributed by atoms with Crippen LogP contribution in [0.1, 0.15) is 16.4 Å². The maximum atomic E-state index is 12.7. The van der Waals surface area contributed by atoms with Crippen molar-refractivity contribution in [3.8, 4) is 0 Å². The second-order valence-electron chi connectivity index (χ2n) is 4.46. The van der Waals surface area contributed by atoms with Gasteiger partial charge in [0, 0.05) is 12.1 Å². The zero-order valence-electron chi connectivity index (χ0n) is 10.6. The van der Waals surface area contributed by atoms with Crippen molar-refractivity contribution in [2.45, 2.75) is 19.0 Å². The maximum Gasteiger partial charge on any atom is 0.453 e. The number of rotatable bonds is 3. The van der Waals surface area contributed by atoms with E-state index >= 15 is 0 Å². The van der Waals surface area contributed by atoms with Gasteiger partial charge in [0.1, 0.15) is 5.01 Å². The van der Waals surface area contributed by atoms with E-state index in [0.717, 1.165) is 21.4 Å². The molecule has 2 heterocycles. The van der Waals surface area contributed by atoms with Crippen molar-refractivity contribution in [2.75, 3.05) is 5.73 Å². The third-order valence-corrected chi connectivity index (χ3v) is 3.82. The molecule has 110 valence electrons. The number of alkyl halides is 3. The number of halogens is 3. The van der Waals surface area contributed by atoms with Crippen LogP contribution >= 0.6 is 11.3 Å². The topological polar surface area (TPSA) is 69.1 Å². The average Bonchev–Trinajstić information content (AvgIpc) is 2.94. The predicted octanol–water partition coefficient (Wildman–Crippen LogP) is 2.57. The van der Waals surface area contributed by atoms with Crippen molar-refractivity contribution in [1.29, 1.82) is 0 Å². The highest BCUT2D eigenvalue weighted by Crippen LogP contribution is 2.29. The lowest BCUT2D eigenvalue weighted by Crippen LogP contribution is -2.11. The Kier molecular flexibility index (Phi) is 3.28. The summed E-state index contributed by atoms with van der Waals surface area (Å²) in [5.41, 5.74) is 7.35. The van der Waals surface area contributed by atoms with Crippen molar-refractivity contribution in [3.05, 3.63) is 40.7 Å². The lowest BCUT2D eigenvalue weighted by Gasteiger charge is -2.01. The van der Waals surface area contributed by atoms with Gasteiger partial charge in [0.2, 0.25) is 4.96 Å². The first-order valence-electron chi connectivity index (χ1n) is 6.06. The molecule has 5 nitrogen and oxygen atoms in total. The fourth-order valence-corrected chi connectivity index (χ4v) is 2.77. The van der Waals surface area contributed by atoms with Gasteiger partial charge in [-0.3, -0.25) is 0 Å². The number of aryl methyl sites for hydroxylation is 2. The minimum atomic E-state index is -4.56. The molecule has 3 aromatic rings. The standard InChI is InChI=1S/C12H10F3N5S/c13-12(14,15)10-17-18-11-20(10)19-9(21-11)5-4-7-2-1-3-8(16)6-7/h1-3,6H,4-5,16H2. The predicted molar refractivity (Wildman–Crippen MR) is 71.9 cm³/mol. The van der Waals surface area contributed by atoms with Crippen LogP contribution in [0.3, 0.4) is 0 Å². The van der Waals surface area contributed by atoms with E-state index < -0.39 is 12.0 Å². The molecule has 0 aliphatic carbocycles. The smallest absolute Gasteiger partial charge is 0.399 e. The Morgan fingerprint density at radius 2 is 2.00 bits per heavy atom. The van der Waals surface area contributed by atoms with Gasteiger partial charge >= 0.3 is 6.18 Å². The summed E-state index contributed by atoms with van der Waals surface area (Å²) in [6.45, 7) is 0. The number of nitrogens with zero attached hydrogens (tertiary/aromatic N) is 4. The number of nitrogens with two attached hydrogens (primary N) is 1. The summed E-state index contributed by atoms with van der Waals surface area (Å²) in [5.74, 6) is -1.09. The van der Waals surface area contributed by atoms with Crippen LogP contribution < -0.4 is 5.73 Å². The molecular weight excluding hydrogens is 303 g/mol. The molecule has 21 heavy (non-hydrogen) atoms. The van der Waals surface area contributed by atoms with Gasteiger partial charge in [-0.2, -0.15) is 22.8 Å². The van der Waals surface area contributed by atoms with Gasteiger partial charge in [0.05, 0.1) is 0 Å². The molecule has 0 fully saturated rings. The molecular formula is C12H10F3N5S. The highest BCUT2D eigenvalue weighted by Gasteiger charge is 2.38. The first-order valence-corrected chi connectivity index (χ1v) is 6.88. The van der Waals surface area contributed by atoms with E-state index in [2.05, 4.69) is 15.3 Å². The van der Waals surface area contributed by atoms with E-state index in [1.807, 2.05) is 18.2 Å². The lowest BCUT2D eigenvalue weighted by atomic mass is 10.1. The molecule has 2 aromatic heterocycles.